The summed E-state index contributed by atoms with van der Waals surface area (Å²) in [4.78, 5) is 11.2. The van der Waals surface area contributed by atoms with Crippen molar-refractivity contribution in [2.45, 2.75) is 6.54 Å². The Kier molecular flexibility index (Phi) is 3.92. The number of nitrogen functional groups attached to an aromatic ring is 1. The SMILES string of the molecule is NC(=O)c1cccc(NCc2ccccc2Cl)c1N. The summed E-state index contributed by atoms with van der Waals surface area (Å²) in [5.41, 5.74) is 13.4. The number of para-hydroxylation sites is 1. The fraction of sp³-hybridized carbons (Fsp3) is 0.0714. The van der Waals surface area contributed by atoms with Crippen molar-refractivity contribution in [1.82, 2.24) is 0 Å². The number of hydrogen-bond donors (Lipinski definition) is 3. The van der Waals surface area contributed by atoms with Gasteiger partial charge in [0.25, 0.3) is 5.91 Å². The zero-order chi connectivity index (χ0) is 13.8. The molecule has 0 saturated carbocycles. The Morgan fingerprint density at radius 3 is 2.58 bits per heavy atom. The Hall–Kier alpha value is -2.20. The van der Waals surface area contributed by atoms with Crippen LogP contribution in [-0.2, 0) is 6.54 Å². The van der Waals surface area contributed by atoms with E-state index in [0.29, 0.717) is 28.5 Å². The lowest BCUT2D eigenvalue weighted by atomic mass is 10.1. The van der Waals surface area contributed by atoms with Gasteiger partial charge in [-0.1, -0.05) is 35.9 Å². The minimum Gasteiger partial charge on any atom is -0.396 e. The van der Waals surface area contributed by atoms with E-state index in [2.05, 4.69) is 5.32 Å². The molecule has 0 saturated heterocycles. The van der Waals surface area contributed by atoms with E-state index < -0.39 is 5.91 Å². The van der Waals surface area contributed by atoms with E-state index in [1.54, 1.807) is 18.2 Å². The molecule has 19 heavy (non-hydrogen) atoms. The van der Waals surface area contributed by atoms with E-state index in [9.17, 15) is 4.79 Å². The second-order valence-corrected chi connectivity index (χ2v) is 4.48. The second kappa shape index (κ2) is 5.63. The van der Waals surface area contributed by atoms with Crippen LogP contribution >= 0.6 is 11.6 Å². The van der Waals surface area contributed by atoms with Gasteiger partial charge in [0.15, 0.2) is 0 Å². The number of amides is 1. The summed E-state index contributed by atoms with van der Waals surface area (Å²) >= 11 is 6.07. The van der Waals surface area contributed by atoms with Crippen LogP contribution in [0.5, 0.6) is 0 Å². The van der Waals surface area contributed by atoms with Gasteiger partial charge in [0.2, 0.25) is 0 Å². The highest BCUT2D eigenvalue weighted by Gasteiger charge is 2.09. The van der Waals surface area contributed by atoms with Gasteiger partial charge in [0, 0.05) is 11.6 Å². The van der Waals surface area contributed by atoms with Crippen LogP contribution in [0.25, 0.3) is 0 Å². The first-order valence-corrected chi connectivity index (χ1v) is 6.13. The lowest BCUT2D eigenvalue weighted by molar-refractivity contribution is 0.100. The van der Waals surface area contributed by atoms with E-state index in [0.717, 1.165) is 5.56 Å². The van der Waals surface area contributed by atoms with Gasteiger partial charge in [-0.05, 0) is 23.8 Å². The number of rotatable bonds is 4. The van der Waals surface area contributed by atoms with Gasteiger partial charge in [-0.3, -0.25) is 4.79 Å². The molecule has 5 heteroatoms. The molecule has 0 radical (unpaired) electrons. The normalized spacial score (nSPS) is 10.2. The molecule has 2 aromatic rings. The number of halogens is 1. The van der Waals surface area contributed by atoms with Gasteiger partial charge in [-0.2, -0.15) is 0 Å². The molecule has 0 spiro atoms. The van der Waals surface area contributed by atoms with Crippen LogP contribution in [0.2, 0.25) is 5.02 Å². The standard InChI is InChI=1S/C14H14ClN3O/c15-11-6-2-1-4-9(11)8-18-12-7-3-5-10(13(12)16)14(17)19/h1-7,18H,8,16H2,(H2,17,19). The number of anilines is 2. The monoisotopic (exact) mass is 275 g/mol. The summed E-state index contributed by atoms with van der Waals surface area (Å²) in [6.07, 6.45) is 0. The highest BCUT2D eigenvalue weighted by molar-refractivity contribution is 6.31. The van der Waals surface area contributed by atoms with Crippen molar-refractivity contribution in [1.29, 1.82) is 0 Å². The van der Waals surface area contributed by atoms with Crippen molar-refractivity contribution in [2.24, 2.45) is 5.73 Å². The maximum atomic E-state index is 11.2. The molecule has 1 amide bonds. The summed E-state index contributed by atoms with van der Waals surface area (Å²) in [5, 5.41) is 3.83. The summed E-state index contributed by atoms with van der Waals surface area (Å²) in [5.74, 6) is -0.543. The largest absolute Gasteiger partial charge is 0.396 e. The predicted molar refractivity (Wildman–Crippen MR) is 78.2 cm³/mol. The molecule has 0 aliphatic carbocycles. The average molecular weight is 276 g/mol. The van der Waals surface area contributed by atoms with Gasteiger partial charge >= 0.3 is 0 Å². The molecule has 2 rings (SSSR count). The van der Waals surface area contributed by atoms with Gasteiger partial charge in [0.05, 0.1) is 16.9 Å². The Labute approximate surface area is 116 Å². The van der Waals surface area contributed by atoms with Crippen molar-refractivity contribution < 1.29 is 4.79 Å². The minimum absolute atomic E-state index is 0.309. The number of carbonyl (C=O) groups is 1. The molecule has 0 aliphatic rings. The molecule has 0 aromatic heterocycles. The smallest absolute Gasteiger partial charge is 0.250 e. The lowest BCUT2D eigenvalue weighted by Crippen LogP contribution is -2.14. The molecule has 0 aliphatic heterocycles. The van der Waals surface area contributed by atoms with Crippen molar-refractivity contribution in [3.05, 3.63) is 58.6 Å². The van der Waals surface area contributed by atoms with Gasteiger partial charge < -0.3 is 16.8 Å². The second-order valence-electron chi connectivity index (χ2n) is 4.08. The quantitative estimate of drug-likeness (QED) is 0.750. The van der Waals surface area contributed by atoms with Crippen LogP contribution in [0.3, 0.4) is 0 Å². The first kappa shape index (κ1) is 13.2. The topological polar surface area (TPSA) is 81.1 Å². The maximum Gasteiger partial charge on any atom is 0.250 e. The first-order chi connectivity index (χ1) is 9.09. The molecular formula is C14H14ClN3O. The van der Waals surface area contributed by atoms with Gasteiger partial charge in [-0.15, -0.1) is 0 Å². The molecule has 0 fully saturated rings. The van der Waals surface area contributed by atoms with E-state index in [-0.39, 0.29) is 0 Å². The lowest BCUT2D eigenvalue weighted by Gasteiger charge is -2.12. The molecule has 0 unspecified atom stereocenters. The summed E-state index contributed by atoms with van der Waals surface area (Å²) in [7, 11) is 0. The average Bonchev–Trinajstić information content (AvgIpc) is 2.39. The molecule has 2 aromatic carbocycles. The molecule has 0 bridgehead atoms. The molecule has 0 atom stereocenters. The van der Waals surface area contributed by atoms with E-state index in [1.807, 2.05) is 24.3 Å². The summed E-state index contributed by atoms with van der Waals surface area (Å²) < 4.78 is 0. The van der Waals surface area contributed by atoms with Crippen molar-refractivity contribution in [3.63, 3.8) is 0 Å². The van der Waals surface area contributed by atoms with Crippen molar-refractivity contribution in [2.75, 3.05) is 11.1 Å². The molecular weight excluding hydrogens is 262 g/mol. The van der Waals surface area contributed by atoms with Crippen molar-refractivity contribution >= 4 is 28.9 Å². The van der Waals surface area contributed by atoms with E-state index in [4.69, 9.17) is 23.1 Å². The summed E-state index contributed by atoms with van der Waals surface area (Å²) in [6.45, 7) is 0.520. The molecule has 98 valence electrons. The first-order valence-electron chi connectivity index (χ1n) is 5.75. The van der Waals surface area contributed by atoms with E-state index in [1.165, 1.54) is 0 Å². The summed E-state index contributed by atoms with van der Waals surface area (Å²) in [6, 6.07) is 12.6. The zero-order valence-corrected chi connectivity index (χ0v) is 10.9. The third-order valence-electron chi connectivity index (χ3n) is 2.80. The van der Waals surface area contributed by atoms with Crippen LogP contribution in [0.4, 0.5) is 11.4 Å². The van der Waals surface area contributed by atoms with Crippen LogP contribution in [0.1, 0.15) is 15.9 Å². The number of nitrogens with two attached hydrogens (primary N) is 2. The van der Waals surface area contributed by atoms with Crippen LogP contribution in [0.15, 0.2) is 42.5 Å². The van der Waals surface area contributed by atoms with Crippen LogP contribution in [-0.4, -0.2) is 5.91 Å². The number of hydrogen-bond acceptors (Lipinski definition) is 3. The van der Waals surface area contributed by atoms with Gasteiger partial charge in [0.1, 0.15) is 0 Å². The maximum absolute atomic E-state index is 11.2. The van der Waals surface area contributed by atoms with Crippen LogP contribution in [0, 0.1) is 0 Å². The molecule has 0 heterocycles. The number of carbonyl (C=O) groups excluding carboxylic acids is 1. The third-order valence-corrected chi connectivity index (χ3v) is 3.17. The highest BCUT2D eigenvalue weighted by Crippen LogP contribution is 2.24. The third kappa shape index (κ3) is 2.98. The number of benzene rings is 2. The number of nitrogens with one attached hydrogen (secondary N) is 1. The fourth-order valence-corrected chi connectivity index (χ4v) is 1.97. The number of primary amides is 1. The molecule has 5 N–H and O–H groups in total. The predicted octanol–water partition coefficient (Wildman–Crippen LogP) is 2.63. The van der Waals surface area contributed by atoms with Crippen molar-refractivity contribution in [3.8, 4) is 0 Å². The minimum atomic E-state index is -0.543. The Morgan fingerprint density at radius 2 is 1.89 bits per heavy atom. The Balaban J connectivity index is 2.19. The molecule has 4 nitrogen and oxygen atoms in total. The Morgan fingerprint density at radius 1 is 1.16 bits per heavy atom. The zero-order valence-electron chi connectivity index (χ0n) is 10.2. The fourth-order valence-electron chi connectivity index (χ4n) is 1.77. The van der Waals surface area contributed by atoms with Gasteiger partial charge in [-0.25, -0.2) is 0 Å². The Bertz CT molecular complexity index is 613. The van der Waals surface area contributed by atoms with E-state index >= 15 is 0 Å². The van der Waals surface area contributed by atoms with Crippen LogP contribution < -0.4 is 16.8 Å². The highest BCUT2D eigenvalue weighted by atomic mass is 35.5.